The molecule has 0 atom stereocenters. The highest BCUT2D eigenvalue weighted by atomic mass is 35.5. The summed E-state index contributed by atoms with van der Waals surface area (Å²) in [5, 5.41) is 11.6. The second-order valence-corrected chi connectivity index (χ2v) is 6.93. The molecule has 29 heavy (non-hydrogen) atoms. The van der Waals surface area contributed by atoms with Crippen LogP contribution < -0.4 is 5.32 Å². The van der Waals surface area contributed by atoms with Crippen molar-refractivity contribution in [2.45, 2.75) is 33.0 Å². The molecular weight excluding hydrogens is 395 g/mol. The van der Waals surface area contributed by atoms with Gasteiger partial charge in [0.1, 0.15) is 11.3 Å². The summed E-state index contributed by atoms with van der Waals surface area (Å²) in [6, 6.07) is 1.50. The van der Waals surface area contributed by atoms with Gasteiger partial charge in [0, 0.05) is 38.1 Å². The third-order valence-corrected chi connectivity index (χ3v) is 4.84. The number of imidazole rings is 2. The molecule has 0 saturated carbocycles. The lowest BCUT2D eigenvalue weighted by Crippen LogP contribution is -2.13. The molecule has 0 amide bonds. The molecule has 0 aromatic carbocycles. The molecule has 0 saturated heterocycles. The number of aromatic nitrogens is 7. The lowest BCUT2D eigenvalue weighted by Gasteiger charge is -2.03. The Kier molecular flexibility index (Phi) is 5.41. The van der Waals surface area contributed by atoms with Crippen LogP contribution in [0.1, 0.15) is 29.8 Å². The third kappa shape index (κ3) is 3.92. The van der Waals surface area contributed by atoms with Crippen molar-refractivity contribution in [3.05, 3.63) is 71.3 Å². The predicted octanol–water partition coefficient (Wildman–Crippen LogP) is 2.92. The van der Waals surface area contributed by atoms with Gasteiger partial charge in [-0.1, -0.05) is 30.3 Å². The van der Waals surface area contributed by atoms with Crippen molar-refractivity contribution in [2.24, 2.45) is 0 Å². The van der Waals surface area contributed by atoms with Crippen LogP contribution in [0, 0.1) is 5.82 Å². The normalized spacial score (nSPS) is 11.4. The summed E-state index contributed by atoms with van der Waals surface area (Å²) in [5.74, 6) is 0.483. The highest BCUT2D eigenvalue weighted by Crippen LogP contribution is 2.21. The number of pyridine rings is 1. The number of nitrogens with one attached hydrogen (secondary N) is 1. The van der Waals surface area contributed by atoms with Crippen LogP contribution in [-0.2, 0) is 26.1 Å². The van der Waals surface area contributed by atoms with Gasteiger partial charge in [-0.25, -0.2) is 19.0 Å². The first-order valence-corrected chi connectivity index (χ1v) is 9.55. The van der Waals surface area contributed by atoms with Gasteiger partial charge in [-0.2, -0.15) is 0 Å². The largest absolute Gasteiger partial charge is 0.311 e. The Balaban J connectivity index is 1.38. The Morgan fingerprint density at radius 2 is 2.14 bits per heavy atom. The maximum absolute atomic E-state index is 14.3. The zero-order valence-corrected chi connectivity index (χ0v) is 16.6. The second-order valence-electron chi connectivity index (χ2n) is 6.53. The molecule has 4 aromatic rings. The molecule has 4 heterocycles. The predicted molar refractivity (Wildman–Crippen MR) is 108 cm³/mol. The number of nitrogens with zero attached hydrogens (tertiary/aromatic N) is 7. The molecule has 0 aliphatic carbocycles. The number of aryl methyl sites for hydroxylation is 1. The summed E-state index contributed by atoms with van der Waals surface area (Å²) in [5.41, 5.74) is 2.62. The van der Waals surface area contributed by atoms with E-state index in [4.69, 9.17) is 11.6 Å². The monoisotopic (exact) mass is 414 g/mol. The molecule has 10 heteroatoms. The zero-order valence-electron chi connectivity index (χ0n) is 15.9. The van der Waals surface area contributed by atoms with Crippen molar-refractivity contribution < 1.29 is 4.39 Å². The van der Waals surface area contributed by atoms with Crippen molar-refractivity contribution in [1.82, 2.24) is 39.2 Å². The van der Waals surface area contributed by atoms with E-state index in [0.717, 1.165) is 23.6 Å². The standard InChI is InChI=1S/C19H20ClFN8/c1-3-17-24-14(9-27(17)4-2)11-29-10-13(25-26-29)7-22-8-16-19-18(21)15(20)5-6-28(19)12-23-16/h4-6,9-10,12,22H,2-3,7-8,11H2,1H3. The Morgan fingerprint density at radius 1 is 1.28 bits per heavy atom. The van der Waals surface area contributed by atoms with Gasteiger partial charge in [-0.3, -0.25) is 0 Å². The number of hydrogen-bond donors (Lipinski definition) is 1. The van der Waals surface area contributed by atoms with Crippen molar-refractivity contribution in [3.8, 4) is 0 Å². The van der Waals surface area contributed by atoms with E-state index in [-0.39, 0.29) is 5.02 Å². The zero-order chi connectivity index (χ0) is 20.4. The number of hydrogen-bond acceptors (Lipinski definition) is 5. The summed E-state index contributed by atoms with van der Waals surface area (Å²) in [7, 11) is 0. The molecule has 0 fully saturated rings. The fraction of sp³-hybridized carbons (Fsp3) is 0.263. The van der Waals surface area contributed by atoms with E-state index in [9.17, 15) is 4.39 Å². The van der Waals surface area contributed by atoms with Crippen LogP contribution in [0.4, 0.5) is 4.39 Å². The molecule has 0 bridgehead atoms. The number of rotatable bonds is 8. The Morgan fingerprint density at radius 3 is 2.90 bits per heavy atom. The van der Waals surface area contributed by atoms with E-state index in [0.29, 0.717) is 30.8 Å². The van der Waals surface area contributed by atoms with E-state index in [2.05, 4.69) is 39.1 Å². The van der Waals surface area contributed by atoms with E-state index in [1.54, 1.807) is 27.8 Å². The van der Waals surface area contributed by atoms with Crippen molar-refractivity contribution in [3.63, 3.8) is 0 Å². The molecule has 0 aliphatic rings. The first-order valence-electron chi connectivity index (χ1n) is 9.17. The third-order valence-electron chi connectivity index (χ3n) is 4.55. The molecule has 0 radical (unpaired) electrons. The van der Waals surface area contributed by atoms with E-state index < -0.39 is 5.82 Å². The molecule has 150 valence electrons. The van der Waals surface area contributed by atoms with E-state index in [1.165, 1.54) is 6.07 Å². The van der Waals surface area contributed by atoms with Crippen LogP contribution in [0.2, 0.25) is 5.02 Å². The lowest BCUT2D eigenvalue weighted by molar-refractivity contribution is 0.626. The molecule has 0 unspecified atom stereocenters. The average molecular weight is 415 g/mol. The van der Waals surface area contributed by atoms with Gasteiger partial charge in [0.2, 0.25) is 0 Å². The minimum atomic E-state index is -0.472. The van der Waals surface area contributed by atoms with Crippen LogP contribution in [0.25, 0.3) is 11.7 Å². The molecule has 0 spiro atoms. The van der Waals surface area contributed by atoms with Crippen LogP contribution in [0.15, 0.2) is 37.6 Å². The van der Waals surface area contributed by atoms with Gasteiger partial charge in [0.05, 0.1) is 41.2 Å². The van der Waals surface area contributed by atoms with Crippen LogP contribution in [0.5, 0.6) is 0 Å². The average Bonchev–Trinajstić information content (AvgIpc) is 3.44. The molecule has 8 nitrogen and oxygen atoms in total. The Hall–Kier alpha value is -3.04. The van der Waals surface area contributed by atoms with Gasteiger partial charge in [0.15, 0.2) is 5.82 Å². The van der Waals surface area contributed by atoms with Crippen molar-refractivity contribution in [1.29, 1.82) is 0 Å². The summed E-state index contributed by atoms with van der Waals surface area (Å²) in [4.78, 5) is 8.83. The summed E-state index contributed by atoms with van der Waals surface area (Å²) in [6.45, 7) is 7.22. The fourth-order valence-corrected chi connectivity index (χ4v) is 3.32. The summed E-state index contributed by atoms with van der Waals surface area (Å²) < 4.78 is 19.5. The quantitative estimate of drug-likeness (QED) is 0.479. The van der Waals surface area contributed by atoms with Crippen molar-refractivity contribution >= 4 is 23.3 Å². The Labute approximate surface area is 171 Å². The molecule has 1 N–H and O–H groups in total. The fourth-order valence-electron chi connectivity index (χ4n) is 3.17. The topological polar surface area (TPSA) is 77.9 Å². The molecule has 0 aliphatic heterocycles. The van der Waals surface area contributed by atoms with E-state index in [1.807, 2.05) is 17.0 Å². The van der Waals surface area contributed by atoms with Gasteiger partial charge in [0.25, 0.3) is 0 Å². The Bertz CT molecular complexity index is 1160. The second kappa shape index (κ2) is 8.14. The summed E-state index contributed by atoms with van der Waals surface area (Å²) in [6.07, 6.45) is 9.60. The summed E-state index contributed by atoms with van der Waals surface area (Å²) >= 11 is 5.88. The maximum Gasteiger partial charge on any atom is 0.167 e. The minimum absolute atomic E-state index is 0.0762. The van der Waals surface area contributed by atoms with Gasteiger partial charge in [-0.05, 0) is 6.07 Å². The van der Waals surface area contributed by atoms with Crippen molar-refractivity contribution in [2.75, 3.05) is 0 Å². The van der Waals surface area contributed by atoms with Gasteiger partial charge >= 0.3 is 0 Å². The number of fused-ring (bicyclic) bond motifs is 1. The number of halogens is 2. The van der Waals surface area contributed by atoms with Gasteiger partial charge < -0.3 is 14.3 Å². The smallest absolute Gasteiger partial charge is 0.167 e. The van der Waals surface area contributed by atoms with Crippen LogP contribution in [-0.4, -0.2) is 33.9 Å². The molecule has 4 aromatic heterocycles. The van der Waals surface area contributed by atoms with E-state index >= 15 is 0 Å². The lowest BCUT2D eigenvalue weighted by atomic mass is 10.3. The van der Waals surface area contributed by atoms with Crippen LogP contribution in [0.3, 0.4) is 0 Å². The highest BCUT2D eigenvalue weighted by Gasteiger charge is 2.13. The SMILES string of the molecule is C=Cn1cc(Cn2cc(CNCc3ncn4ccc(Cl)c(F)c34)nn2)nc1CC. The van der Waals surface area contributed by atoms with Crippen LogP contribution >= 0.6 is 11.6 Å². The molecular formula is C19H20ClFN8. The van der Waals surface area contributed by atoms with Gasteiger partial charge in [-0.15, -0.1) is 5.10 Å². The minimum Gasteiger partial charge on any atom is -0.311 e. The molecule has 4 rings (SSSR count). The maximum atomic E-state index is 14.3. The highest BCUT2D eigenvalue weighted by molar-refractivity contribution is 6.31. The first kappa shape index (κ1) is 19.3. The first-order chi connectivity index (χ1) is 14.1.